The molecule has 0 aliphatic heterocycles. The van der Waals surface area contributed by atoms with Crippen LogP contribution in [0.1, 0.15) is 20.8 Å². The Morgan fingerprint density at radius 3 is 2.67 bits per heavy atom. The lowest BCUT2D eigenvalue weighted by Crippen LogP contribution is -2.33. The van der Waals surface area contributed by atoms with Crippen molar-refractivity contribution < 1.29 is 24.3 Å². The summed E-state index contributed by atoms with van der Waals surface area (Å²) in [6.07, 6.45) is 1.07. The van der Waals surface area contributed by atoms with Gasteiger partial charge in [-0.1, -0.05) is 4.85 Å². The molecule has 1 rings (SSSR count). The van der Waals surface area contributed by atoms with E-state index in [0.29, 0.717) is 13.2 Å². The molecule has 18 heavy (non-hydrogen) atoms. The third-order valence-corrected chi connectivity index (χ3v) is 2.32. The van der Waals surface area contributed by atoms with Crippen LogP contribution in [0.5, 0.6) is 0 Å². The summed E-state index contributed by atoms with van der Waals surface area (Å²) in [5.74, 6) is -1.73. The highest BCUT2D eigenvalue weighted by Crippen LogP contribution is 2.10. The monoisotopic (exact) mass is 257 g/mol. The molecule has 8 heteroatoms. The number of hydrogen-bond acceptors (Lipinski definition) is 5. The summed E-state index contributed by atoms with van der Waals surface area (Å²) in [6.45, 7) is 0.690. The molecule has 0 aromatic carbocycles. The smallest absolute Gasteiger partial charge is 0.339 e. The maximum absolute atomic E-state index is 12.1. The lowest BCUT2D eigenvalue weighted by atomic mass is 10.2. The van der Waals surface area contributed by atoms with Crippen molar-refractivity contribution in [1.29, 1.82) is 0 Å². The summed E-state index contributed by atoms with van der Waals surface area (Å²) in [6, 6.07) is 0. The fourth-order valence-electron chi connectivity index (χ4n) is 1.33. The van der Waals surface area contributed by atoms with E-state index in [9.17, 15) is 9.59 Å². The number of aromatic nitrogens is 2. The lowest BCUT2D eigenvalue weighted by Gasteiger charge is -2.17. The number of aromatic carboxylic acids is 1. The number of amides is 1. The predicted molar refractivity (Wildman–Crippen MR) is 60.5 cm³/mol. The fraction of sp³-hybridized carbons (Fsp3) is 0.500. The summed E-state index contributed by atoms with van der Waals surface area (Å²) < 4.78 is 4.85. The third kappa shape index (κ3) is 2.77. The van der Waals surface area contributed by atoms with Crippen molar-refractivity contribution in [3.63, 3.8) is 0 Å². The Morgan fingerprint density at radius 1 is 1.50 bits per heavy atom. The number of methoxy groups -OCH3 is 1. The van der Waals surface area contributed by atoms with Crippen molar-refractivity contribution in [3.8, 4) is 0 Å². The molecule has 0 spiro atoms. The first-order valence-corrected chi connectivity index (χ1v) is 5.13. The van der Waals surface area contributed by atoms with Gasteiger partial charge in [-0.3, -0.25) is 4.79 Å². The number of rotatable bonds is 6. The Hall–Kier alpha value is -2.09. The zero-order valence-electron chi connectivity index (χ0n) is 10.4. The van der Waals surface area contributed by atoms with E-state index >= 15 is 0 Å². The third-order valence-electron chi connectivity index (χ3n) is 2.32. The number of carboxylic acids is 1. The molecular formula is C10H15N3O5. The predicted octanol–water partition coefficient (Wildman–Crippen LogP) is -0.642. The minimum Gasteiger partial charge on any atom is -0.478 e. The van der Waals surface area contributed by atoms with Crippen molar-refractivity contribution in [3.05, 3.63) is 17.5 Å². The number of nitrogens with zero attached hydrogens (tertiary/aromatic N) is 3. The van der Waals surface area contributed by atoms with Gasteiger partial charge in [-0.2, -0.15) is 0 Å². The number of carbonyl (C=O) groups is 2. The first-order valence-electron chi connectivity index (χ1n) is 5.13. The van der Waals surface area contributed by atoms with Gasteiger partial charge in [0.15, 0.2) is 5.69 Å². The van der Waals surface area contributed by atoms with Gasteiger partial charge in [0.1, 0.15) is 12.7 Å². The highest BCUT2D eigenvalue weighted by Gasteiger charge is 2.26. The number of likely N-dealkylation sites (N-methyl/N-ethyl adjacent to an activating group) is 1. The van der Waals surface area contributed by atoms with Crippen LogP contribution in [0.3, 0.4) is 0 Å². The van der Waals surface area contributed by atoms with Gasteiger partial charge in [-0.25, -0.2) is 4.79 Å². The van der Waals surface area contributed by atoms with E-state index in [-0.39, 0.29) is 11.3 Å². The summed E-state index contributed by atoms with van der Waals surface area (Å²) in [4.78, 5) is 30.1. The molecule has 1 amide bonds. The Labute approximate surface area is 104 Å². The molecule has 1 N–H and O–H groups in total. The molecule has 0 aliphatic carbocycles. The highest BCUT2D eigenvalue weighted by molar-refractivity contribution is 6.03. The second-order valence-corrected chi connectivity index (χ2v) is 3.49. The van der Waals surface area contributed by atoms with Crippen molar-refractivity contribution in [2.45, 2.75) is 0 Å². The molecular weight excluding hydrogens is 242 g/mol. The van der Waals surface area contributed by atoms with Crippen LogP contribution in [0.15, 0.2) is 6.20 Å². The zero-order chi connectivity index (χ0) is 13.7. The molecule has 0 atom stereocenters. The van der Waals surface area contributed by atoms with Gasteiger partial charge in [0.2, 0.25) is 0 Å². The van der Waals surface area contributed by atoms with E-state index < -0.39 is 11.9 Å². The molecule has 0 aliphatic rings. The first-order chi connectivity index (χ1) is 8.52. The molecule has 0 fully saturated rings. The van der Waals surface area contributed by atoms with Crippen LogP contribution in [0.4, 0.5) is 0 Å². The topological polar surface area (TPSA) is 93.9 Å². The number of carbonyl (C=O) groups excluding carboxylic acids is 1. The summed E-state index contributed by atoms with van der Waals surface area (Å²) in [5, 5.41) is 12.7. The zero-order valence-corrected chi connectivity index (χ0v) is 10.4. The molecule has 100 valence electrons. The molecule has 0 saturated heterocycles. The SMILES string of the molecule is COCCN(C)C(=O)c1c(C(=O)O)cnn1OC. The van der Waals surface area contributed by atoms with Crippen molar-refractivity contribution in [1.82, 2.24) is 14.8 Å². The average Bonchev–Trinajstić information content (AvgIpc) is 2.78. The summed E-state index contributed by atoms with van der Waals surface area (Å²) in [5.41, 5.74) is -0.324. The van der Waals surface area contributed by atoms with Gasteiger partial charge < -0.3 is 19.6 Å². The molecule has 1 heterocycles. The Balaban J connectivity index is 3.02. The van der Waals surface area contributed by atoms with E-state index in [1.807, 2.05) is 0 Å². The van der Waals surface area contributed by atoms with Gasteiger partial charge in [-0.15, -0.1) is 5.10 Å². The molecule has 0 unspecified atom stereocenters. The molecule has 0 saturated carbocycles. The van der Waals surface area contributed by atoms with E-state index in [1.165, 1.54) is 19.1 Å². The van der Waals surface area contributed by atoms with Crippen LogP contribution in [0, 0.1) is 0 Å². The van der Waals surface area contributed by atoms with Crippen LogP contribution in [-0.4, -0.2) is 66.2 Å². The van der Waals surface area contributed by atoms with Crippen molar-refractivity contribution >= 4 is 11.9 Å². The number of hydrogen-bond donors (Lipinski definition) is 1. The van der Waals surface area contributed by atoms with Gasteiger partial charge in [0, 0.05) is 20.7 Å². The lowest BCUT2D eigenvalue weighted by molar-refractivity contribution is 0.0625. The van der Waals surface area contributed by atoms with Crippen LogP contribution in [-0.2, 0) is 4.74 Å². The van der Waals surface area contributed by atoms with E-state index in [4.69, 9.17) is 14.7 Å². The van der Waals surface area contributed by atoms with E-state index in [1.54, 1.807) is 7.05 Å². The second kappa shape index (κ2) is 6.01. The average molecular weight is 257 g/mol. The maximum Gasteiger partial charge on any atom is 0.339 e. The van der Waals surface area contributed by atoms with Crippen molar-refractivity contribution in [2.75, 3.05) is 34.4 Å². The summed E-state index contributed by atoms with van der Waals surface area (Å²) >= 11 is 0. The van der Waals surface area contributed by atoms with Gasteiger partial charge in [-0.05, 0) is 0 Å². The van der Waals surface area contributed by atoms with Crippen LogP contribution < -0.4 is 4.84 Å². The Kier molecular flexibility index (Phi) is 4.67. The normalized spacial score (nSPS) is 10.2. The number of carboxylic acid groups (broad SMARTS) is 1. The standard InChI is InChI=1S/C10H15N3O5/c1-12(4-5-17-2)9(14)8-7(10(15)16)6-11-13(8)18-3/h6H,4-5H2,1-3H3,(H,15,16). The van der Waals surface area contributed by atoms with Crippen LogP contribution in [0.2, 0.25) is 0 Å². The Morgan fingerprint density at radius 2 is 2.17 bits per heavy atom. The van der Waals surface area contributed by atoms with Crippen molar-refractivity contribution in [2.24, 2.45) is 0 Å². The van der Waals surface area contributed by atoms with Gasteiger partial charge in [0.25, 0.3) is 5.91 Å². The largest absolute Gasteiger partial charge is 0.478 e. The van der Waals surface area contributed by atoms with Crippen LogP contribution >= 0.6 is 0 Å². The summed E-state index contributed by atoms with van der Waals surface area (Å²) in [7, 11) is 4.35. The quantitative estimate of drug-likeness (QED) is 0.728. The van der Waals surface area contributed by atoms with Gasteiger partial charge in [0.05, 0.1) is 12.8 Å². The minimum absolute atomic E-state index is 0.122. The van der Waals surface area contributed by atoms with Crippen LogP contribution in [0.25, 0.3) is 0 Å². The molecule has 1 aromatic rings. The highest BCUT2D eigenvalue weighted by atomic mass is 16.7. The first kappa shape index (κ1) is 14.0. The molecule has 1 aromatic heterocycles. The second-order valence-electron chi connectivity index (χ2n) is 3.49. The minimum atomic E-state index is -1.23. The van der Waals surface area contributed by atoms with E-state index in [2.05, 4.69) is 5.10 Å². The maximum atomic E-state index is 12.1. The molecule has 8 nitrogen and oxygen atoms in total. The molecule has 0 radical (unpaired) electrons. The Bertz CT molecular complexity index is 443. The molecule has 0 bridgehead atoms. The number of ether oxygens (including phenoxy) is 1. The fourth-order valence-corrected chi connectivity index (χ4v) is 1.33. The van der Waals surface area contributed by atoms with Gasteiger partial charge >= 0.3 is 5.97 Å². The van der Waals surface area contributed by atoms with E-state index in [0.717, 1.165) is 11.0 Å².